The molecule has 88 valence electrons. The number of aromatic nitrogens is 1. The van der Waals surface area contributed by atoms with Crippen molar-refractivity contribution in [2.24, 2.45) is 0 Å². The second-order valence-electron chi connectivity index (χ2n) is 4.04. The fourth-order valence-corrected chi connectivity index (χ4v) is 3.04. The fourth-order valence-electron chi connectivity index (χ4n) is 2.12. The van der Waals surface area contributed by atoms with E-state index in [0.29, 0.717) is 16.6 Å². The van der Waals surface area contributed by atoms with E-state index < -0.39 is 11.6 Å². The van der Waals surface area contributed by atoms with Gasteiger partial charge in [-0.15, -0.1) is 0 Å². The molecule has 17 heavy (non-hydrogen) atoms. The molecule has 1 aliphatic rings. The normalized spacial score (nSPS) is 14.9. The van der Waals surface area contributed by atoms with Crippen LogP contribution in [0.15, 0.2) is 12.1 Å². The van der Waals surface area contributed by atoms with Gasteiger partial charge in [-0.05, 0) is 23.8 Å². The highest BCUT2D eigenvalue weighted by molar-refractivity contribution is 7.98. The van der Waals surface area contributed by atoms with Crippen molar-refractivity contribution in [3.63, 3.8) is 0 Å². The predicted octanol–water partition coefficient (Wildman–Crippen LogP) is 2.88. The fraction of sp³-hybridized carbons (Fsp3) is 0.250. The topological polar surface area (TPSA) is 38.9 Å². The third kappa shape index (κ3) is 1.65. The van der Waals surface area contributed by atoms with Gasteiger partial charge in [0.25, 0.3) is 0 Å². The first-order valence-electron chi connectivity index (χ1n) is 5.30. The van der Waals surface area contributed by atoms with E-state index in [4.69, 9.17) is 5.73 Å². The Morgan fingerprint density at radius 1 is 1.24 bits per heavy atom. The molecule has 0 bridgehead atoms. The van der Waals surface area contributed by atoms with Crippen LogP contribution >= 0.6 is 11.8 Å². The van der Waals surface area contributed by atoms with Gasteiger partial charge in [0.2, 0.25) is 0 Å². The summed E-state index contributed by atoms with van der Waals surface area (Å²) in [5.74, 6) is 0.0201. The number of fused-ring (bicyclic) bond motifs is 2. The van der Waals surface area contributed by atoms with Crippen LogP contribution in [0.1, 0.15) is 11.3 Å². The first-order chi connectivity index (χ1) is 8.16. The maximum absolute atomic E-state index is 13.2. The highest BCUT2D eigenvalue weighted by atomic mass is 32.2. The molecular formula is C12H10F2N2S. The number of hydrogen-bond donors (Lipinski definition) is 1. The summed E-state index contributed by atoms with van der Waals surface area (Å²) in [6.07, 6.45) is 0.841. The molecule has 2 aromatic rings. The number of nitrogens with two attached hydrogens (primary N) is 1. The minimum atomic E-state index is -0.882. The molecule has 0 atom stereocenters. The van der Waals surface area contributed by atoms with Crippen LogP contribution in [-0.4, -0.2) is 10.7 Å². The molecule has 0 saturated heterocycles. The van der Waals surface area contributed by atoms with E-state index in [1.165, 1.54) is 0 Å². The van der Waals surface area contributed by atoms with Gasteiger partial charge >= 0.3 is 0 Å². The minimum Gasteiger partial charge on any atom is -0.398 e. The molecule has 0 amide bonds. The van der Waals surface area contributed by atoms with Crippen molar-refractivity contribution >= 4 is 28.4 Å². The summed E-state index contributed by atoms with van der Waals surface area (Å²) < 4.78 is 26.3. The number of pyridine rings is 1. The average Bonchev–Trinajstić information content (AvgIpc) is 2.32. The average molecular weight is 252 g/mol. The molecule has 0 unspecified atom stereocenters. The molecule has 0 saturated carbocycles. The molecule has 2 N–H and O–H groups in total. The zero-order valence-electron chi connectivity index (χ0n) is 8.96. The number of hydrogen-bond acceptors (Lipinski definition) is 3. The monoisotopic (exact) mass is 252 g/mol. The number of nitrogen functional groups attached to an aromatic ring is 1. The summed E-state index contributed by atoms with van der Waals surface area (Å²) in [5.41, 5.74) is 8.89. The quantitative estimate of drug-likeness (QED) is 0.783. The molecule has 0 spiro atoms. The van der Waals surface area contributed by atoms with Crippen molar-refractivity contribution in [2.75, 3.05) is 11.5 Å². The molecule has 0 radical (unpaired) electrons. The molecule has 2 heterocycles. The lowest BCUT2D eigenvalue weighted by Gasteiger charge is -2.18. The van der Waals surface area contributed by atoms with Crippen molar-refractivity contribution < 1.29 is 8.78 Å². The lowest BCUT2D eigenvalue weighted by molar-refractivity contribution is 0.510. The Morgan fingerprint density at radius 3 is 2.82 bits per heavy atom. The summed E-state index contributed by atoms with van der Waals surface area (Å²) in [7, 11) is 0. The molecule has 0 fully saturated rings. The number of halogens is 2. The summed E-state index contributed by atoms with van der Waals surface area (Å²) in [5, 5.41) is 0.509. The molecule has 1 aliphatic heterocycles. The van der Waals surface area contributed by atoms with Crippen LogP contribution in [0.25, 0.3) is 10.9 Å². The van der Waals surface area contributed by atoms with Crippen LogP contribution in [0.3, 0.4) is 0 Å². The SMILES string of the molecule is Nc1c2c(nc3cc(F)c(F)cc13)CSCC2. The Balaban J connectivity index is 2.36. The first kappa shape index (κ1) is 10.8. The second-order valence-corrected chi connectivity index (χ2v) is 5.14. The Morgan fingerprint density at radius 2 is 2.00 bits per heavy atom. The Hall–Kier alpha value is -1.36. The van der Waals surface area contributed by atoms with Crippen molar-refractivity contribution in [2.45, 2.75) is 12.2 Å². The van der Waals surface area contributed by atoms with Crippen molar-refractivity contribution in [1.29, 1.82) is 0 Å². The molecule has 1 aromatic heterocycles. The van der Waals surface area contributed by atoms with Crippen LogP contribution < -0.4 is 5.73 Å². The number of rotatable bonds is 0. The second kappa shape index (κ2) is 3.84. The summed E-state index contributed by atoms with van der Waals surface area (Å²) in [6.45, 7) is 0. The van der Waals surface area contributed by atoms with E-state index in [1.54, 1.807) is 11.8 Å². The Labute approximate surface area is 101 Å². The standard InChI is InChI=1S/C12H10F2N2S/c13-8-3-7-10(4-9(8)14)16-11-5-17-2-1-6(11)12(7)15/h3-4H,1-2,5H2,(H2,15,16). The third-order valence-electron chi connectivity index (χ3n) is 2.99. The Kier molecular flexibility index (Phi) is 2.43. The van der Waals surface area contributed by atoms with Gasteiger partial charge in [0, 0.05) is 22.9 Å². The Bertz CT molecular complexity index is 613. The highest BCUT2D eigenvalue weighted by Crippen LogP contribution is 2.33. The van der Waals surface area contributed by atoms with E-state index in [0.717, 1.165) is 41.3 Å². The number of benzene rings is 1. The molecule has 1 aromatic carbocycles. The number of nitrogens with zero attached hydrogens (tertiary/aromatic N) is 1. The summed E-state index contributed by atoms with van der Waals surface area (Å²) >= 11 is 1.78. The lowest BCUT2D eigenvalue weighted by atomic mass is 10.0. The maximum atomic E-state index is 13.2. The van der Waals surface area contributed by atoms with Crippen molar-refractivity contribution in [1.82, 2.24) is 4.98 Å². The third-order valence-corrected chi connectivity index (χ3v) is 3.96. The van der Waals surface area contributed by atoms with Gasteiger partial charge in [0.1, 0.15) is 0 Å². The van der Waals surface area contributed by atoms with Crippen LogP contribution in [0.5, 0.6) is 0 Å². The number of thioether (sulfide) groups is 1. The van der Waals surface area contributed by atoms with E-state index in [2.05, 4.69) is 4.98 Å². The highest BCUT2D eigenvalue weighted by Gasteiger charge is 2.18. The zero-order valence-corrected chi connectivity index (χ0v) is 9.78. The van der Waals surface area contributed by atoms with Gasteiger partial charge in [-0.3, -0.25) is 4.98 Å². The molecule has 5 heteroatoms. The predicted molar refractivity (Wildman–Crippen MR) is 65.9 cm³/mol. The molecular weight excluding hydrogens is 242 g/mol. The van der Waals surface area contributed by atoms with E-state index in [9.17, 15) is 8.78 Å². The van der Waals surface area contributed by atoms with Gasteiger partial charge in [0.15, 0.2) is 11.6 Å². The smallest absolute Gasteiger partial charge is 0.161 e. The molecule has 2 nitrogen and oxygen atoms in total. The van der Waals surface area contributed by atoms with Gasteiger partial charge in [-0.1, -0.05) is 0 Å². The van der Waals surface area contributed by atoms with Gasteiger partial charge in [-0.25, -0.2) is 8.78 Å². The van der Waals surface area contributed by atoms with Gasteiger partial charge in [-0.2, -0.15) is 11.8 Å². The van der Waals surface area contributed by atoms with E-state index >= 15 is 0 Å². The molecule has 3 rings (SSSR count). The van der Waals surface area contributed by atoms with E-state index in [-0.39, 0.29) is 0 Å². The van der Waals surface area contributed by atoms with Crippen LogP contribution in [0, 0.1) is 11.6 Å². The van der Waals surface area contributed by atoms with Crippen LogP contribution in [0.4, 0.5) is 14.5 Å². The minimum absolute atomic E-state index is 0.433. The summed E-state index contributed by atoms with van der Waals surface area (Å²) in [4.78, 5) is 4.37. The zero-order chi connectivity index (χ0) is 12.0. The summed E-state index contributed by atoms with van der Waals surface area (Å²) in [6, 6.07) is 2.25. The largest absolute Gasteiger partial charge is 0.398 e. The van der Waals surface area contributed by atoms with Gasteiger partial charge < -0.3 is 5.73 Å². The van der Waals surface area contributed by atoms with Crippen molar-refractivity contribution in [3.8, 4) is 0 Å². The van der Waals surface area contributed by atoms with E-state index in [1.807, 2.05) is 0 Å². The first-order valence-corrected chi connectivity index (χ1v) is 6.46. The molecule has 0 aliphatic carbocycles. The van der Waals surface area contributed by atoms with Crippen LogP contribution in [-0.2, 0) is 12.2 Å². The van der Waals surface area contributed by atoms with Crippen molar-refractivity contribution in [3.05, 3.63) is 35.0 Å². The van der Waals surface area contributed by atoms with Gasteiger partial charge in [0.05, 0.1) is 11.2 Å². The maximum Gasteiger partial charge on any atom is 0.161 e. The lowest BCUT2D eigenvalue weighted by Crippen LogP contribution is -2.09. The number of anilines is 1. The van der Waals surface area contributed by atoms with Crippen LogP contribution in [0.2, 0.25) is 0 Å².